The molecule has 1 N–H and O–H groups in total. The van der Waals surface area contributed by atoms with E-state index in [4.69, 9.17) is 0 Å². The maximum atomic E-state index is 14.0. The summed E-state index contributed by atoms with van der Waals surface area (Å²) in [6, 6.07) is 20.9. The van der Waals surface area contributed by atoms with E-state index in [0.29, 0.717) is 12.1 Å². The fraction of sp³-hybridized carbons (Fsp3) is 0.375. The van der Waals surface area contributed by atoms with E-state index in [0.717, 1.165) is 28.7 Å². The number of sulfonamides is 1. The molecule has 0 fully saturated rings. The van der Waals surface area contributed by atoms with Gasteiger partial charge in [-0.05, 0) is 82.3 Å². The van der Waals surface area contributed by atoms with E-state index < -0.39 is 28.5 Å². The molecule has 0 aliphatic heterocycles. The normalized spacial score (nSPS) is 12.8. The van der Waals surface area contributed by atoms with E-state index in [1.165, 1.54) is 9.21 Å². The summed E-state index contributed by atoms with van der Waals surface area (Å²) in [5.74, 6) is -0.713. The molecule has 2 amide bonds. The van der Waals surface area contributed by atoms with Crippen LogP contribution in [0.2, 0.25) is 0 Å². The fourth-order valence-electron chi connectivity index (χ4n) is 4.39. The van der Waals surface area contributed by atoms with Crippen molar-refractivity contribution in [3.05, 3.63) is 95.1 Å². The number of amides is 2. The lowest BCUT2D eigenvalue weighted by atomic mass is 10.1. The Morgan fingerprint density at radius 1 is 0.875 bits per heavy atom. The maximum Gasteiger partial charge on any atom is 0.264 e. The van der Waals surface area contributed by atoms with Crippen LogP contribution in [0.1, 0.15) is 49.4 Å². The van der Waals surface area contributed by atoms with Crippen LogP contribution in [0.5, 0.6) is 0 Å². The number of carbonyl (C=O) groups excluding carboxylic acids is 2. The number of nitrogens with zero attached hydrogens (tertiary/aromatic N) is 2. The van der Waals surface area contributed by atoms with Crippen LogP contribution < -0.4 is 9.62 Å². The minimum absolute atomic E-state index is 0.0469. The largest absolute Gasteiger partial charge is 0.352 e. The second kappa shape index (κ2) is 13.6. The molecule has 0 aromatic heterocycles. The smallest absolute Gasteiger partial charge is 0.264 e. The molecule has 2 atom stereocenters. The third kappa shape index (κ3) is 7.50. The summed E-state index contributed by atoms with van der Waals surface area (Å²) >= 11 is 0. The molecular formula is C32H41N3O4S. The van der Waals surface area contributed by atoms with E-state index in [9.17, 15) is 18.0 Å². The Bertz CT molecular complexity index is 1410. The Kier molecular flexibility index (Phi) is 10.5. The van der Waals surface area contributed by atoms with Crippen molar-refractivity contribution in [1.29, 1.82) is 0 Å². The minimum Gasteiger partial charge on any atom is -0.352 e. The van der Waals surface area contributed by atoms with Crippen molar-refractivity contribution in [2.24, 2.45) is 0 Å². The van der Waals surface area contributed by atoms with Crippen LogP contribution in [0.4, 0.5) is 5.69 Å². The van der Waals surface area contributed by atoms with Gasteiger partial charge < -0.3 is 10.2 Å². The molecule has 214 valence electrons. The van der Waals surface area contributed by atoms with E-state index in [2.05, 4.69) is 5.32 Å². The number of benzene rings is 3. The van der Waals surface area contributed by atoms with Gasteiger partial charge in [0.25, 0.3) is 10.0 Å². The molecule has 0 aliphatic rings. The van der Waals surface area contributed by atoms with Crippen molar-refractivity contribution in [1.82, 2.24) is 10.2 Å². The lowest BCUT2D eigenvalue weighted by Gasteiger charge is -2.33. The monoisotopic (exact) mass is 563 g/mol. The highest BCUT2D eigenvalue weighted by Gasteiger charge is 2.33. The van der Waals surface area contributed by atoms with Crippen LogP contribution in [0.25, 0.3) is 0 Å². The molecule has 0 heterocycles. The van der Waals surface area contributed by atoms with Gasteiger partial charge in [-0.3, -0.25) is 13.9 Å². The van der Waals surface area contributed by atoms with E-state index >= 15 is 0 Å². The molecule has 0 radical (unpaired) electrons. The molecule has 0 aliphatic carbocycles. The molecule has 40 heavy (non-hydrogen) atoms. The van der Waals surface area contributed by atoms with Crippen molar-refractivity contribution in [2.45, 2.75) is 71.4 Å². The van der Waals surface area contributed by atoms with Crippen LogP contribution in [-0.2, 0) is 26.0 Å². The van der Waals surface area contributed by atoms with Crippen molar-refractivity contribution in [3.63, 3.8) is 0 Å². The summed E-state index contributed by atoms with van der Waals surface area (Å²) in [5, 5.41) is 2.96. The highest BCUT2D eigenvalue weighted by atomic mass is 32.2. The Labute approximate surface area is 239 Å². The summed E-state index contributed by atoms with van der Waals surface area (Å²) in [4.78, 5) is 28.8. The first kappa shape index (κ1) is 30.9. The van der Waals surface area contributed by atoms with Crippen LogP contribution in [-0.4, -0.2) is 50.3 Å². The molecular weight excluding hydrogens is 522 g/mol. The number of hydrogen-bond donors (Lipinski definition) is 1. The Morgan fingerprint density at radius 2 is 1.52 bits per heavy atom. The Morgan fingerprint density at radius 3 is 2.15 bits per heavy atom. The topological polar surface area (TPSA) is 86.8 Å². The van der Waals surface area contributed by atoms with Gasteiger partial charge in [-0.1, -0.05) is 67.1 Å². The summed E-state index contributed by atoms with van der Waals surface area (Å²) in [7, 11) is -4.09. The molecule has 7 nitrogen and oxygen atoms in total. The van der Waals surface area contributed by atoms with Gasteiger partial charge in [0.05, 0.1) is 10.6 Å². The maximum absolute atomic E-state index is 14.0. The second-order valence-electron chi connectivity index (χ2n) is 10.4. The Hall–Kier alpha value is -3.65. The average molecular weight is 564 g/mol. The van der Waals surface area contributed by atoms with Crippen molar-refractivity contribution >= 4 is 27.5 Å². The molecule has 0 bridgehead atoms. The van der Waals surface area contributed by atoms with Crippen LogP contribution in [0.15, 0.2) is 77.7 Å². The van der Waals surface area contributed by atoms with Gasteiger partial charge in [-0.15, -0.1) is 0 Å². The SMILES string of the molecule is CC[C@@H](C)NC(=O)[C@H](C)N(CCc1ccccc1)C(=O)CN(c1cccc(C)c1C)S(=O)(=O)c1ccc(C)cc1. The first-order valence-electron chi connectivity index (χ1n) is 13.7. The second-order valence-corrected chi connectivity index (χ2v) is 12.2. The summed E-state index contributed by atoms with van der Waals surface area (Å²) in [6.07, 6.45) is 1.29. The number of nitrogens with one attached hydrogen (secondary N) is 1. The van der Waals surface area contributed by atoms with Crippen molar-refractivity contribution < 1.29 is 18.0 Å². The lowest BCUT2D eigenvalue weighted by molar-refractivity contribution is -0.139. The van der Waals surface area contributed by atoms with Gasteiger partial charge in [-0.25, -0.2) is 8.42 Å². The van der Waals surface area contributed by atoms with Gasteiger partial charge >= 0.3 is 0 Å². The first-order chi connectivity index (χ1) is 18.9. The molecule has 8 heteroatoms. The zero-order valence-electron chi connectivity index (χ0n) is 24.3. The molecule has 0 spiro atoms. The number of aryl methyl sites for hydroxylation is 2. The van der Waals surface area contributed by atoms with Crippen molar-refractivity contribution in [2.75, 3.05) is 17.4 Å². The highest BCUT2D eigenvalue weighted by Crippen LogP contribution is 2.29. The quantitative estimate of drug-likeness (QED) is 0.329. The first-order valence-corrected chi connectivity index (χ1v) is 15.2. The number of carbonyl (C=O) groups is 2. The predicted molar refractivity (Wildman–Crippen MR) is 161 cm³/mol. The number of anilines is 1. The van der Waals surface area contributed by atoms with Gasteiger partial charge in [-0.2, -0.15) is 0 Å². The van der Waals surface area contributed by atoms with Gasteiger partial charge in [0.2, 0.25) is 11.8 Å². The Balaban J connectivity index is 2.01. The van der Waals surface area contributed by atoms with Crippen LogP contribution in [0.3, 0.4) is 0 Å². The van der Waals surface area contributed by atoms with Gasteiger partial charge in [0, 0.05) is 12.6 Å². The number of rotatable bonds is 12. The number of hydrogen-bond acceptors (Lipinski definition) is 4. The average Bonchev–Trinajstić information content (AvgIpc) is 2.94. The summed E-state index contributed by atoms with van der Waals surface area (Å²) < 4.78 is 29.2. The minimum atomic E-state index is -4.09. The third-order valence-electron chi connectivity index (χ3n) is 7.39. The zero-order chi connectivity index (χ0) is 29.4. The van der Waals surface area contributed by atoms with E-state index in [1.54, 1.807) is 43.3 Å². The summed E-state index contributed by atoms with van der Waals surface area (Å²) in [5.41, 5.74) is 4.07. The van der Waals surface area contributed by atoms with E-state index in [1.807, 2.05) is 71.0 Å². The fourth-order valence-corrected chi connectivity index (χ4v) is 5.86. The molecule has 3 rings (SSSR count). The third-order valence-corrected chi connectivity index (χ3v) is 9.16. The van der Waals surface area contributed by atoms with Crippen LogP contribution in [0, 0.1) is 20.8 Å². The van der Waals surface area contributed by atoms with Gasteiger partial charge in [0.15, 0.2) is 0 Å². The molecule has 0 saturated carbocycles. The van der Waals surface area contributed by atoms with Crippen molar-refractivity contribution in [3.8, 4) is 0 Å². The predicted octanol–water partition coefficient (Wildman–Crippen LogP) is 5.18. The molecule has 3 aromatic rings. The van der Waals surface area contributed by atoms with Gasteiger partial charge in [0.1, 0.15) is 12.6 Å². The molecule has 0 saturated heterocycles. The van der Waals surface area contributed by atoms with Crippen LogP contribution >= 0.6 is 0 Å². The standard InChI is InChI=1S/C32H41N3O4S/c1-7-25(4)33-32(37)27(6)34(21-20-28-13-9-8-10-14-28)31(36)22-35(30-15-11-12-24(3)26(30)5)40(38,39)29-18-16-23(2)17-19-29/h8-19,25,27H,7,20-22H2,1-6H3,(H,33,37)/t25-,27+/m1/s1. The zero-order valence-corrected chi connectivity index (χ0v) is 25.2. The van der Waals surface area contributed by atoms with E-state index in [-0.39, 0.29) is 23.4 Å². The molecule has 3 aromatic carbocycles. The highest BCUT2D eigenvalue weighted by molar-refractivity contribution is 7.92. The summed E-state index contributed by atoms with van der Waals surface area (Å²) in [6.45, 7) is 11.1. The lowest BCUT2D eigenvalue weighted by Crippen LogP contribution is -2.53. The molecule has 0 unspecified atom stereocenters.